The number of unbranched alkanes of at least 4 members (excludes halogenated alkanes) is 3. The zero-order chi connectivity index (χ0) is 10.5. The summed E-state index contributed by atoms with van der Waals surface area (Å²) < 4.78 is 0. The third kappa shape index (κ3) is 2.38. The molecular weight excluding hydrogens is 180 g/mol. The molecular formula is C15H18. The minimum Gasteiger partial charge on any atom is -0.0766 e. The standard InChI is InChI=1S/C15H18/c1-2-3-4-5-8-13-11-12-14-9-6-7-10-15(13)14/h6-12H,2-5H2,1H3/b13-8+. The van der Waals surface area contributed by atoms with Gasteiger partial charge in [-0.25, -0.2) is 0 Å². The Kier molecular flexibility index (Phi) is 3.39. The molecule has 0 unspecified atom stereocenters. The first-order valence-corrected chi connectivity index (χ1v) is 5.89. The molecule has 0 spiro atoms. The lowest BCUT2D eigenvalue weighted by Gasteiger charge is -2.00. The summed E-state index contributed by atoms with van der Waals surface area (Å²) in [5.74, 6) is 0. The smallest absolute Gasteiger partial charge is 0.0115 e. The fraction of sp³-hybridized carbons (Fsp3) is 0.333. The molecule has 2 rings (SSSR count). The molecule has 0 N–H and O–H groups in total. The molecule has 0 heterocycles. The van der Waals surface area contributed by atoms with Crippen LogP contribution in [-0.4, -0.2) is 0 Å². The lowest BCUT2D eigenvalue weighted by molar-refractivity contribution is 0.730. The van der Waals surface area contributed by atoms with Gasteiger partial charge in [-0.05, 0) is 29.5 Å². The molecule has 0 radical (unpaired) electrons. The van der Waals surface area contributed by atoms with Gasteiger partial charge in [-0.2, -0.15) is 0 Å². The first-order valence-electron chi connectivity index (χ1n) is 5.89. The van der Waals surface area contributed by atoms with Gasteiger partial charge in [0.25, 0.3) is 0 Å². The maximum Gasteiger partial charge on any atom is -0.0115 e. The minimum absolute atomic E-state index is 1.21. The highest BCUT2D eigenvalue weighted by Crippen LogP contribution is 2.29. The summed E-state index contributed by atoms with van der Waals surface area (Å²) in [6.07, 6.45) is 12.0. The Bertz CT molecular complexity index is 383. The van der Waals surface area contributed by atoms with Crippen molar-refractivity contribution in [3.05, 3.63) is 47.5 Å². The predicted molar refractivity (Wildman–Crippen MR) is 67.6 cm³/mol. The number of fused-ring (bicyclic) bond motifs is 1. The van der Waals surface area contributed by atoms with Crippen molar-refractivity contribution in [3.8, 4) is 0 Å². The minimum atomic E-state index is 1.21. The van der Waals surface area contributed by atoms with E-state index in [9.17, 15) is 0 Å². The molecule has 0 aliphatic heterocycles. The van der Waals surface area contributed by atoms with Crippen molar-refractivity contribution >= 4 is 11.6 Å². The van der Waals surface area contributed by atoms with Crippen molar-refractivity contribution in [2.75, 3.05) is 0 Å². The van der Waals surface area contributed by atoms with Gasteiger partial charge in [0.1, 0.15) is 0 Å². The van der Waals surface area contributed by atoms with Gasteiger partial charge in [0.05, 0.1) is 0 Å². The van der Waals surface area contributed by atoms with Crippen molar-refractivity contribution in [1.29, 1.82) is 0 Å². The van der Waals surface area contributed by atoms with Crippen molar-refractivity contribution in [3.63, 3.8) is 0 Å². The highest BCUT2D eigenvalue weighted by molar-refractivity contribution is 5.89. The van der Waals surface area contributed by atoms with E-state index >= 15 is 0 Å². The van der Waals surface area contributed by atoms with Crippen molar-refractivity contribution in [2.24, 2.45) is 0 Å². The molecule has 1 aliphatic rings. The number of benzene rings is 1. The molecule has 78 valence electrons. The molecule has 1 aromatic carbocycles. The quantitative estimate of drug-likeness (QED) is 0.616. The Morgan fingerprint density at radius 3 is 2.80 bits per heavy atom. The SMILES string of the molecule is CCCCC/C=C1\C=Cc2ccccc21. The molecule has 0 amide bonds. The second-order valence-electron chi connectivity index (χ2n) is 4.08. The number of rotatable bonds is 4. The second kappa shape index (κ2) is 4.97. The van der Waals surface area contributed by atoms with Gasteiger partial charge in [-0.1, -0.05) is 62.3 Å². The van der Waals surface area contributed by atoms with Crippen LogP contribution < -0.4 is 0 Å². The van der Waals surface area contributed by atoms with Crippen molar-refractivity contribution < 1.29 is 0 Å². The maximum absolute atomic E-state index is 2.37. The van der Waals surface area contributed by atoms with E-state index in [0.717, 1.165) is 0 Å². The van der Waals surface area contributed by atoms with Gasteiger partial charge in [-0.3, -0.25) is 0 Å². The van der Waals surface area contributed by atoms with E-state index in [2.05, 4.69) is 49.4 Å². The van der Waals surface area contributed by atoms with E-state index in [4.69, 9.17) is 0 Å². The first kappa shape index (κ1) is 10.2. The fourth-order valence-corrected chi connectivity index (χ4v) is 2.00. The van der Waals surface area contributed by atoms with Crippen LogP contribution in [0.1, 0.15) is 43.7 Å². The normalized spacial score (nSPS) is 15.9. The summed E-state index contributed by atoms with van der Waals surface area (Å²) in [7, 11) is 0. The highest BCUT2D eigenvalue weighted by atomic mass is 14.1. The van der Waals surface area contributed by atoms with E-state index in [1.165, 1.54) is 42.4 Å². The molecule has 0 saturated carbocycles. The van der Waals surface area contributed by atoms with E-state index < -0.39 is 0 Å². The van der Waals surface area contributed by atoms with Crippen molar-refractivity contribution in [1.82, 2.24) is 0 Å². The lowest BCUT2D eigenvalue weighted by Crippen LogP contribution is -1.80. The monoisotopic (exact) mass is 198 g/mol. The fourth-order valence-electron chi connectivity index (χ4n) is 2.00. The topological polar surface area (TPSA) is 0 Å². The summed E-state index contributed by atoms with van der Waals surface area (Å²) in [5.41, 5.74) is 4.16. The molecule has 0 atom stereocenters. The predicted octanol–water partition coefficient (Wildman–Crippen LogP) is 4.68. The zero-order valence-electron chi connectivity index (χ0n) is 9.37. The summed E-state index contributed by atoms with van der Waals surface area (Å²) in [6.45, 7) is 2.25. The van der Waals surface area contributed by atoms with E-state index in [0.29, 0.717) is 0 Å². The van der Waals surface area contributed by atoms with E-state index in [-0.39, 0.29) is 0 Å². The zero-order valence-corrected chi connectivity index (χ0v) is 9.37. The molecule has 0 fully saturated rings. The second-order valence-corrected chi connectivity index (χ2v) is 4.08. The van der Waals surface area contributed by atoms with E-state index in [1.54, 1.807) is 0 Å². The lowest BCUT2D eigenvalue weighted by atomic mass is 10.0. The van der Waals surface area contributed by atoms with Crippen LogP contribution in [0.4, 0.5) is 0 Å². The van der Waals surface area contributed by atoms with Gasteiger partial charge in [0.15, 0.2) is 0 Å². The molecule has 1 aromatic rings. The Hall–Kier alpha value is -1.30. The molecule has 1 aliphatic carbocycles. The summed E-state index contributed by atoms with van der Waals surface area (Å²) in [5, 5.41) is 0. The van der Waals surface area contributed by atoms with Crippen LogP contribution in [-0.2, 0) is 0 Å². The Morgan fingerprint density at radius 2 is 1.93 bits per heavy atom. The van der Waals surface area contributed by atoms with E-state index in [1.807, 2.05) is 0 Å². The largest absolute Gasteiger partial charge is 0.0766 e. The number of hydrogen-bond donors (Lipinski definition) is 0. The summed E-state index contributed by atoms with van der Waals surface area (Å²) in [6, 6.07) is 8.61. The van der Waals surface area contributed by atoms with Crippen LogP contribution in [0, 0.1) is 0 Å². The number of hydrogen-bond acceptors (Lipinski definition) is 0. The van der Waals surface area contributed by atoms with Gasteiger partial charge in [0, 0.05) is 0 Å². The molecule has 0 aromatic heterocycles. The highest BCUT2D eigenvalue weighted by Gasteiger charge is 2.07. The summed E-state index contributed by atoms with van der Waals surface area (Å²) >= 11 is 0. The molecule has 0 saturated heterocycles. The van der Waals surface area contributed by atoms with Crippen LogP contribution in [0.15, 0.2) is 36.4 Å². The van der Waals surface area contributed by atoms with Crippen LogP contribution in [0.3, 0.4) is 0 Å². The molecule has 0 bridgehead atoms. The summed E-state index contributed by atoms with van der Waals surface area (Å²) in [4.78, 5) is 0. The van der Waals surface area contributed by atoms with Gasteiger partial charge < -0.3 is 0 Å². The average molecular weight is 198 g/mol. The molecule has 15 heavy (non-hydrogen) atoms. The maximum atomic E-state index is 2.37. The van der Waals surface area contributed by atoms with Gasteiger partial charge in [-0.15, -0.1) is 0 Å². The Morgan fingerprint density at radius 1 is 1.07 bits per heavy atom. The van der Waals surface area contributed by atoms with Gasteiger partial charge >= 0.3 is 0 Å². The van der Waals surface area contributed by atoms with Crippen LogP contribution in [0.5, 0.6) is 0 Å². The van der Waals surface area contributed by atoms with Crippen molar-refractivity contribution in [2.45, 2.75) is 32.6 Å². The van der Waals surface area contributed by atoms with Crippen LogP contribution in [0.2, 0.25) is 0 Å². The third-order valence-electron chi connectivity index (χ3n) is 2.89. The Balaban J connectivity index is 2.04. The first-order chi connectivity index (χ1) is 7.42. The average Bonchev–Trinajstić information content (AvgIpc) is 2.68. The third-order valence-corrected chi connectivity index (χ3v) is 2.89. The Labute approximate surface area is 92.3 Å². The van der Waals surface area contributed by atoms with Crippen LogP contribution in [0.25, 0.3) is 11.6 Å². The van der Waals surface area contributed by atoms with Gasteiger partial charge in [0.2, 0.25) is 0 Å². The molecule has 0 nitrogen and oxygen atoms in total. The van der Waals surface area contributed by atoms with Crippen LogP contribution >= 0.6 is 0 Å². The number of allylic oxidation sites excluding steroid dienone is 3. The molecule has 0 heteroatoms.